The molecule has 4 heterocycles. The van der Waals surface area contributed by atoms with Crippen molar-refractivity contribution in [1.29, 1.82) is 0 Å². The maximum Gasteiger partial charge on any atom is 0.264 e. The molecule has 3 aromatic rings. The minimum absolute atomic E-state index is 0.197. The van der Waals surface area contributed by atoms with Crippen molar-refractivity contribution in [2.45, 2.75) is 18.7 Å². The third-order valence-corrected chi connectivity index (χ3v) is 7.65. The largest absolute Gasteiger partial charge is 0.493 e. The second kappa shape index (κ2) is 11.4. The van der Waals surface area contributed by atoms with Gasteiger partial charge in [-0.2, -0.15) is 0 Å². The standard InChI is InChI=1S/C27H26ClN3O7S/c1-35-18-6-4-16-10-21(18)37-14-25(32)29-11-15-3-5-19(20(9-15)36-2)38-22-13-31(12-17(22)30-26(16)33)27(34)23-7-8-24(28)39-23/h3-10,17,22H,11-14H2,1-2H3,(H,29,32)(H,30,33)/t17-,22-/m0/s1. The molecule has 2 N–H and O–H groups in total. The van der Waals surface area contributed by atoms with E-state index >= 15 is 0 Å². The van der Waals surface area contributed by atoms with Gasteiger partial charge in [0, 0.05) is 18.7 Å². The molecule has 2 atom stereocenters. The van der Waals surface area contributed by atoms with Gasteiger partial charge >= 0.3 is 0 Å². The molecular formula is C27H26ClN3O7S. The number of carbonyl (C=O) groups is 3. The summed E-state index contributed by atoms with van der Waals surface area (Å²) in [5.74, 6) is 0.597. The first-order valence-corrected chi connectivity index (χ1v) is 13.3. The number of hydrogen-bond acceptors (Lipinski definition) is 8. The summed E-state index contributed by atoms with van der Waals surface area (Å²) in [6, 6.07) is 12.8. The summed E-state index contributed by atoms with van der Waals surface area (Å²) in [4.78, 5) is 41.1. The molecule has 10 nitrogen and oxygen atoms in total. The van der Waals surface area contributed by atoms with Crippen LogP contribution in [0.15, 0.2) is 48.5 Å². The fourth-order valence-corrected chi connectivity index (χ4v) is 5.45. The highest BCUT2D eigenvalue weighted by Crippen LogP contribution is 2.32. The van der Waals surface area contributed by atoms with Crippen LogP contribution in [0.3, 0.4) is 0 Å². The van der Waals surface area contributed by atoms with Gasteiger partial charge < -0.3 is 34.5 Å². The zero-order chi connectivity index (χ0) is 27.5. The molecule has 0 aliphatic carbocycles. The van der Waals surface area contributed by atoms with Crippen molar-refractivity contribution < 1.29 is 33.3 Å². The average molecular weight is 572 g/mol. The van der Waals surface area contributed by atoms with E-state index in [1.165, 1.54) is 31.6 Å². The van der Waals surface area contributed by atoms with Gasteiger partial charge in [0.05, 0.1) is 36.0 Å². The molecule has 2 aromatic carbocycles. The molecule has 0 radical (unpaired) electrons. The monoisotopic (exact) mass is 571 g/mol. The average Bonchev–Trinajstić information content (AvgIpc) is 3.56. The van der Waals surface area contributed by atoms with Crippen molar-refractivity contribution in [2.75, 3.05) is 33.9 Å². The molecular weight excluding hydrogens is 546 g/mol. The Kier molecular flexibility index (Phi) is 7.80. The predicted molar refractivity (Wildman–Crippen MR) is 144 cm³/mol. The minimum Gasteiger partial charge on any atom is -0.493 e. The van der Waals surface area contributed by atoms with Crippen molar-refractivity contribution in [3.05, 3.63) is 68.9 Å². The quantitative estimate of drug-likeness (QED) is 0.496. The molecule has 6 rings (SSSR count). The Morgan fingerprint density at radius 2 is 1.85 bits per heavy atom. The van der Waals surface area contributed by atoms with Gasteiger partial charge in [0.2, 0.25) is 0 Å². The summed E-state index contributed by atoms with van der Waals surface area (Å²) >= 11 is 7.25. The highest BCUT2D eigenvalue weighted by atomic mass is 35.5. The van der Waals surface area contributed by atoms with Crippen LogP contribution in [-0.2, 0) is 11.3 Å². The first kappa shape index (κ1) is 26.6. The van der Waals surface area contributed by atoms with Crippen LogP contribution in [0, 0.1) is 0 Å². The Morgan fingerprint density at radius 3 is 2.59 bits per heavy atom. The van der Waals surface area contributed by atoms with E-state index in [-0.39, 0.29) is 43.8 Å². The number of hydrogen-bond donors (Lipinski definition) is 2. The van der Waals surface area contributed by atoms with Crippen molar-refractivity contribution in [3.8, 4) is 23.0 Å². The van der Waals surface area contributed by atoms with Gasteiger partial charge in [-0.15, -0.1) is 11.3 Å². The van der Waals surface area contributed by atoms with Crippen LogP contribution >= 0.6 is 22.9 Å². The van der Waals surface area contributed by atoms with E-state index in [1.807, 2.05) is 6.07 Å². The summed E-state index contributed by atoms with van der Waals surface area (Å²) in [5, 5.41) is 5.80. The first-order valence-electron chi connectivity index (χ1n) is 12.1. The molecule has 3 aliphatic heterocycles. The van der Waals surface area contributed by atoms with E-state index in [2.05, 4.69) is 10.6 Å². The Balaban J connectivity index is 1.48. The molecule has 1 fully saturated rings. The summed E-state index contributed by atoms with van der Waals surface area (Å²) in [6.07, 6.45) is -0.572. The van der Waals surface area contributed by atoms with Crippen molar-refractivity contribution in [3.63, 3.8) is 0 Å². The van der Waals surface area contributed by atoms with E-state index < -0.39 is 18.1 Å². The van der Waals surface area contributed by atoms with Crippen LogP contribution < -0.4 is 29.6 Å². The summed E-state index contributed by atoms with van der Waals surface area (Å²) in [5.41, 5.74) is 1.09. The van der Waals surface area contributed by atoms with E-state index in [1.54, 1.807) is 41.3 Å². The molecule has 1 saturated heterocycles. The lowest BCUT2D eigenvalue weighted by atomic mass is 10.1. The molecule has 0 saturated carbocycles. The molecule has 12 heteroatoms. The van der Waals surface area contributed by atoms with Gasteiger partial charge in [0.15, 0.2) is 29.6 Å². The number of rotatable bonds is 3. The fourth-order valence-electron chi connectivity index (χ4n) is 4.44. The van der Waals surface area contributed by atoms with Crippen molar-refractivity contribution in [2.24, 2.45) is 0 Å². The number of likely N-dealkylation sites (tertiary alicyclic amines) is 1. The van der Waals surface area contributed by atoms with Crippen LogP contribution in [0.5, 0.6) is 23.0 Å². The lowest BCUT2D eigenvalue weighted by molar-refractivity contribution is -0.123. The summed E-state index contributed by atoms with van der Waals surface area (Å²) < 4.78 is 23.4. The molecule has 4 bridgehead atoms. The van der Waals surface area contributed by atoms with Gasteiger partial charge in [-0.1, -0.05) is 17.7 Å². The second-order valence-electron chi connectivity index (χ2n) is 8.97. The fraction of sp³-hybridized carbons (Fsp3) is 0.296. The lowest BCUT2D eigenvalue weighted by Crippen LogP contribution is -2.45. The number of ether oxygens (including phenoxy) is 4. The Hall–Kier alpha value is -3.96. The lowest BCUT2D eigenvalue weighted by Gasteiger charge is -2.22. The molecule has 3 aliphatic rings. The van der Waals surface area contributed by atoms with E-state index in [9.17, 15) is 14.4 Å². The number of carbonyl (C=O) groups excluding carboxylic acids is 3. The molecule has 39 heavy (non-hydrogen) atoms. The van der Waals surface area contributed by atoms with Gasteiger partial charge in [-0.25, -0.2) is 0 Å². The number of thiophene rings is 1. The van der Waals surface area contributed by atoms with Crippen LogP contribution in [0.4, 0.5) is 0 Å². The number of halogens is 1. The second-order valence-corrected chi connectivity index (χ2v) is 10.7. The normalized spacial score (nSPS) is 19.2. The van der Waals surface area contributed by atoms with Gasteiger partial charge in [-0.3, -0.25) is 14.4 Å². The number of nitrogens with one attached hydrogen (secondary N) is 2. The highest BCUT2D eigenvalue weighted by molar-refractivity contribution is 7.17. The number of nitrogens with zero attached hydrogens (tertiary/aromatic N) is 1. The Labute approximate surface area is 233 Å². The molecule has 0 unspecified atom stereocenters. The van der Waals surface area contributed by atoms with E-state index in [0.717, 1.165) is 5.56 Å². The SMILES string of the molecule is COc1ccc2cc1OCC(=O)NCc1ccc(c(OC)c1)O[C@H]1CN(C(=O)c3ccc(Cl)s3)C[C@@H]1NC2=O. The zero-order valence-electron chi connectivity index (χ0n) is 21.2. The van der Waals surface area contributed by atoms with E-state index in [4.69, 9.17) is 30.5 Å². The molecule has 3 amide bonds. The molecule has 204 valence electrons. The number of amides is 3. The third-order valence-electron chi connectivity index (χ3n) is 6.43. The first-order chi connectivity index (χ1) is 18.8. The van der Waals surface area contributed by atoms with Gasteiger partial charge in [0.1, 0.15) is 6.10 Å². The number of fused-ring (bicyclic) bond motifs is 7. The van der Waals surface area contributed by atoms with Crippen molar-refractivity contribution in [1.82, 2.24) is 15.5 Å². The van der Waals surface area contributed by atoms with E-state index in [0.29, 0.717) is 32.0 Å². The maximum absolute atomic E-state index is 13.3. The van der Waals surface area contributed by atoms with Crippen LogP contribution in [0.1, 0.15) is 25.6 Å². The van der Waals surface area contributed by atoms with Gasteiger partial charge in [0.25, 0.3) is 17.7 Å². The summed E-state index contributed by atoms with van der Waals surface area (Å²) in [7, 11) is 2.99. The minimum atomic E-state index is -0.572. The highest BCUT2D eigenvalue weighted by Gasteiger charge is 2.39. The van der Waals surface area contributed by atoms with Crippen molar-refractivity contribution >= 4 is 40.7 Å². The van der Waals surface area contributed by atoms with Crippen LogP contribution in [0.25, 0.3) is 0 Å². The smallest absolute Gasteiger partial charge is 0.264 e. The topological polar surface area (TPSA) is 115 Å². The van der Waals surface area contributed by atoms with Crippen LogP contribution in [-0.4, -0.2) is 68.7 Å². The zero-order valence-corrected chi connectivity index (χ0v) is 22.8. The molecule has 1 aromatic heterocycles. The number of methoxy groups -OCH3 is 2. The summed E-state index contributed by atoms with van der Waals surface area (Å²) in [6.45, 7) is 0.433. The maximum atomic E-state index is 13.3. The number of benzene rings is 2. The van der Waals surface area contributed by atoms with Gasteiger partial charge in [-0.05, 0) is 48.0 Å². The Morgan fingerprint density at radius 1 is 1.03 bits per heavy atom. The Bertz CT molecular complexity index is 1410. The third kappa shape index (κ3) is 5.89. The van der Waals surface area contributed by atoms with Crippen LogP contribution in [0.2, 0.25) is 4.34 Å². The predicted octanol–water partition coefficient (Wildman–Crippen LogP) is 3.13. The molecule has 0 spiro atoms.